The molecule has 0 aromatic carbocycles. The fraction of sp³-hybridized carbons (Fsp3) is 0.550. The Balaban J connectivity index is 1.64. The molecule has 2 N–H and O–H groups in total. The number of methoxy groups -OCH3 is 1. The van der Waals surface area contributed by atoms with E-state index in [2.05, 4.69) is 5.32 Å². The van der Waals surface area contributed by atoms with Gasteiger partial charge in [-0.3, -0.25) is 9.59 Å². The van der Waals surface area contributed by atoms with E-state index < -0.39 is 23.8 Å². The molecule has 1 amide bonds. The van der Waals surface area contributed by atoms with E-state index in [1.165, 1.54) is 18.4 Å². The van der Waals surface area contributed by atoms with Crippen molar-refractivity contribution in [2.24, 2.45) is 23.7 Å². The molecule has 3 aliphatic rings. The summed E-state index contributed by atoms with van der Waals surface area (Å²) < 4.78 is 4.97. The molecule has 1 aromatic heterocycles. The van der Waals surface area contributed by atoms with E-state index in [0.29, 0.717) is 17.0 Å². The van der Waals surface area contributed by atoms with Crippen LogP contribution in [0, 0.1) is 23.7 Å². The Morgan fingerprint density at radius 2 is 1.81 bits per heavy atom. The van der Waals surface area contributed by atoms with Gasteiger partial charge in [-0.05, 0) is 49.5 Å². The van der Waals surface area contributed by atoms with Gasteiger partial charge in [0.1, 0.15) is 5.00 Å². The summed E-state index contributed by atoms with van der Waals surface area (Å²) >= 11 is 1.44. The predicted octanol–water partition coefficient (Wildman–Crippen LogP) is 3.27. The fourth-order valence-corrected chi connectivity index (χ4v) is 6.14. The number of rotatable bonds is 4. The maximum absolute atomic E-state index is 13.0. The number of anilines is 1. The number of fused-ring (bicyclic) bond motifs is 3. The second kappa shape index (κ2) is 7.11. The second-order valence-electron chi connectivity index (χ2n) is 7.59. The highest BCUT2D eigenvalue weighted by Gasteiger charge is 2.51. The molecule has 1 heterocycles. The van der Waals surface area contributed by atoms with E-state index in [0.717, 1.165) is 42.5 Å². The van der Waals surface area contributed by atoms with Crippen molar-refractivity contribution in [2.45, 2.75) is 38.5 Å². The fourth-order valence-electron chi connectivity index (χ4n) is 4.86. The number of esters is 1. The first-order valence-corrected chi connectivity index (χ1v) is 10.3. The number of hydrogen-bond donors (Lipinski definition) is 2. The summed E-state index contributed by atoms with van der Waals surface area (Å²) in [5.41, 5.74) is 1.44. The molecule has 1 saturated carbocycles. The molecule has 144 valence electrons. The van der Waals surface area contributed by atoms with Crippen molar-refractivity contribution in [1.82, 2.24) is 0 Å². The van der Waals surface area contributed by atoms with Crippen molar-refractivity contribution in [2.75, 3.05) is 12.4 Å². The summed E-state index contributed by atoms with van der Waals surface area (Å²) in [5.74, 6) is -3.08. The summed E-state index contributed by atoms with van der Waals surface area (Å²) in [6, 6.07) is 0. The van der Waals surface area contributed by atoms with Crippen LogP contribution < -0.4 is 5.32 Å². The monoisotopic (exact) mass is 389 g/mol. The smallest absolute Gasteiger partial charge is 0.341 e. The van der Waals surface area contributed by atoms with E-state index in [1.807, 2.05) is 12.2 Å². The number of carboxylic acid groups (broad SMARTS) is 1. The molecule has 0 aliphatic heterocycles. The molecule has 3 aliphatic carbocycles. The minimum atomic E-state index is -0.929. The van der Waals surface area contributed by atoms with Crippen molar-refractivity contribution in [3.8, 4) is 0 Å². The van der Waals surface area contributed by atoms with Crippen LogP contribution in [0.25, 0.3) is 0 Å². The summed E-state index contributed by atoms with van der Waals surface area (Å²) in [7, 11) is 1.34. The Bertz CT molecular complexity index is 827. The van der Waals surface area contributed by atoms with Crippen LogP contribution >= 0.6 is 11.3 Å². The first-order chi connectivity index (χ1) is 13.0. The number of aryl methyl sites for hydroxylation is 1. The van der Waals surface area contributed by atoms with Crippen molar-refractivity contribution in [3.05, 3.63) is 28.2 Å². The van der Waals surface area contributed by atoms with Gasteiger partial charge in [-0.25, -0.2) is 4.79 Å². The van der Waals surface area contributed by atoms with Gasteiger partial charge in [-0.2, -0.15) is 0 Å². The lowest BCUT2D eigenvalue weighted by Crippen LogP contribution is -2.36. The number of carbonyl (C=O) groups is 3. The largest absolute Gasteiger partial charge is 0.481 e. The Kier molecular flexibility index (Phi) is 4.80. The number of thiophene rings is 1. The average molecular weight is 389 g/mol. The van der Waals surface area contributed by atoms with Crippen LogP contribution in [0.2, 0.25) is 0 Å². The molecule has 0 radical (unpaired) electrons. The lowest BCUT2D eigenvalue weighted by Gasteiger charge is -2.23. The van der Waals surface area contributed by atoms with Crippen molar-refractivity contribution in [1.29, 1.82) is 0 Å². The number of hydrogen-bond acceptors (Lipinski definition) is 5. The molecule has 27 heavy (non-hydrogen) atoms. The average Bonchev–Trinajstić information content (AvgIpc) is 3.30. The van der Waals surface area contributed by atoms with E-state index in [-0.39, 0.29) is 17.7 Å². The highest BCUT2D eigenvalue weighted by molar-refractivity contribution is 7.17. The molecule has 6 nitrogen and oxygen atoms in total. The standard InChI is InChI=1S/C20H23NO5S/c1-26-20(25)16-12-5-3-2-4-6-13(12)27-18(16)21-17(22)14-10-7-8-11(9-10)15(14)19(23)24/h7-8,10-11,14-15H,2-6,9H2,1H3,(H,21,22)(H,23,24)/t10-,11-,14-,15+/m0/s1. The van der Waals surface area contributed by atoms with Crippen LogP contribution in [0.1, 0.15) is 46.5 Å². The van der Waals surface area contributed by atoms with Crippen LogP contribution in [0.5, 0.6) is 0 Å². The summed E-state index contributed by atoms with van der Waals surface area (Å²) in [4.78, 5) is 38.2. The van der Waals surface area contributed by atoms with E-state index in [9.17, 15) is 19.5 Å². The zero-order chi connectivity index (χ0) is 19.1. The lowest BCUT2D eigenvalue weighted by molar-refractivity contribution is -0.146. The summed E-state index contributed by atoms with van der Waals surface area (Å²) in [6.45, 7) is 0. The minimum absolute atomic E-state index is 0.0459. The first-order valence-electron chi connectivity index (χ1n) is 9.46. The lowest BCUT2D eigenvalue weighted by atomic mass is 9.82. The normalized spacial score (nSPS) is 28.5. The molecule has 0 spiro atoms. The second-order valence-corrected chi connectivity index (χ2v) is 8.69. The SMILES string of the molecule is COC(=O)c1c(NC(=O)[C@@H]2[C@H](C(=O)O)[C@H]3C=C[C@H]2C3)sc2c1CCCCC2. The third-order valence-corrected chi connectivity index (χ3v) is 7.30. The molecule has 7 heteroatoms. The molecule has 1 aromatic rings. The number of aliphatic carboxylic acids is 1. The molecule has 1 fully saturated rings. The van der Waals surface area contributed by atoms with Crippen molar-refractivity contribution in [3.63, 3.8) is 0 Å². The Morgan fingerprint density at radius 3 is 2.52 bits per heavy atom. The van der Waals surface area contributed by atoms with E-state index in [4.69, 9.17) is 4.74 Å². The van der Waals surface area contributed by atoms with Crippen molar-refractivity contribution < 1.29 is 24.2 Å². The van der Waals surface area contributed by atoms with Gasteiger partial charge in [-0.1, -0.05) is 18.6 Å². The molecule has 2 bridgehead atoms. The summed E-state index contributed by atoms with van der Waals surface area (Å²) in [6.07, 6.45) is 9.50. The minimum Gasteiger partial charge on any atom is -0.481 e. The quantitative estimate of drug-likeness (QED) is 0.468. The number of ether oxygens (including phenoxy) is 1. The van der Waals surface area contributed by atoms with Gasteiger partial charge in [0.05, 0.1) is 24.5 Å². The maximum Gasteiger partial charge on any atom is 0.341 e. The van der Waals surface area contributed by atoms with Crippen LogP contribution in [0.4, 0.5) is 5.00 Å². The van der Waals surface area contributed by atoms with Crippen LogP contribution in [-0.2, 0) is 27.2 Å². The van der Waals surface area contributed by atoms with Crippen LogP contribution in [0.15, 0.2) is 12.2 Å². The zero-order valence-corrected chi connectivity index (χ0v) is 16.0. The number of allylic oxidation sites excluding steroid dienone is 2. The first kappa shape index (κ1) is 18.2. The Morgan fingerprint density at radius 1 is 1.11 bits per heavy atom. The highest BCUT2D eigenvalue weighted by atomic mass is 32.1. The third-order valence-electron chi connectivity index (χ3n) is 6.09. The van der Waals surface area contributed by atoms with Gasteiger partial charge < -0.3 is 15.2 Å². The van der Waals surface area contributed by atoms with E-state index >= 15 is 0 Å². The highest BCUT2D eigenvalue weighted by Crippen LogP contribution is 2.49. The van der Waals surface area contributed by atoms with Crippen LogP contribution in [-0.4, -0.2) is 30.1 Å². The number of nitrogens with one attached hydrogen (secondary N) is 1. The van der Waals surface area contributed by atoms with Gasteiger partial charge in [0.15, 0.2) is 0 Å². The Hall–Kier alpha value is -2.15. The van der Waals surface area contributed by atoms with Crippen molar-refractivity contribution >= 4 is 34.2 Å². The number of carbonyl (C=O) groups excluding carboxylic acids is 2. The third kappa shape index (κ3) is 3.08. The molecule has 0 unspecified atom stereocenters. The van der Waals surface area contributed by atoms with Crippen LogP contribution in [0.3, 0.4) is 0 Å². The maximum atomic E-state index is 13.0. The number of amides is 1. The molecule has 4 rings (SSSR count). The predicted molar refractivity (Wildman–Crippen MR) is 101 cm³/mol. The molecular weight excluding hydrogens is 366 g/mol. The van der Waals surface area contributed by atoms with Gasteiger partial charge >= 0.3 is 11.9 Å². The zero-order valence-electron chi connectivity index (χ0n) is 15.2. The topological polar surface area (TPSA) is 92.7 Å². The molecule has 0 saturated heterocycles. The number of carboxylic acids is 1. The van der Waals surface area contributed by atoms with E-state index in [1.54, 1.807) is 0 Å². The van der Waals surface area contributed by atoms with Gasteiger partial charge in [-0.15, -0.1) is 11.3 Å². The molecule has 4 atom stereocenters. The van der Waals surface area contributed by atoms with Gasteiger partial charge in [0.2, 0.25) is 5.91 Å². The van der Waals surface area contributed by atoms with Gasteiger partial charge in [0, 0.05) is 4.88 Å². The Labute approximate surface area is 161 Å². The summed E-state index contributed by atoms with van der Waals surface area (Å²) in [5, 5.41) is 13.0. The molecular formula is C20H23NO5S. The van der Waals surface area contributed by atoms with Gasteiger partial charge in [0.25, 0.3) is 0 Å².